The SMILES string of the molecule is CCO[Si]1(OCC)CC[Si]2(OCC)O[Si](OCC)(OCC)CC[Si](OCC)(O1)O2. The van der Waals surface area contributed by atoms with Gasteiger partial charge in [0.1, 0.15) is 0 Å². The predicted molar refractivity (Wildman–Crippen MR) is 115 cm³/mol. The van der Waals surface area contributed by atoms with Crippen molar-refractivity contribution in [1.82, 2.24) is 0 Å². The van der Waals surface area contributed by atoms with Gasteiger partial charge < -0.3 is 38.9 Å². The van der Waals surface area contributed by atoms with Gasteiger partial charge in [-0.3, -0.25) is 0 Å². The molecular weight excluding hydrogens is 449 g/mol. The van der Waals surface area contributed by atoms with Crippen molar-refractivity contribution in [2.75, 3.05) is 39.6 Å². The highest BCUT2D eigenvalue weighted by Gasteiger charge is 2.69. The maximum absolute atomic E-state index is 6.66. The van der Waals surface area contributed by atoms with E-state index < -0.39 is 35.2 Å². The van der Waals surface area contributed by atoms with E-state index in [-0.39, 0.29) is 0 Å². The van der Waals surface area contributed by atoms with Crippen molar-refractivity contribution in [3.8, 4) is 0 Å². The fourth-order valence-corrected chi connectivity index (χ4v) is 23.4. The van der Waals surface area contributed by atoms with Gasteiger partial charge >= 0.3 is 35.2 Å². The third-order valence-corrected chi connectivity index (χ3v) is 20.9. The lowest BCUT2D eigenvalue weighted by molar-refractivity contribution is 0.0556. The number of rotatable bonds is 12. The highest BCUT2D eigenvalue weighted by molar-refractivity contribution is 6.88. The zero-order valence-corrected chi connectivity index (χ0v) is 22.7. The molecule has 0 saturated carbocycles. The van der Waals surface area contributed by atoms with Gasteiger partial charge in [-0.25, -0.2) is 0 Å². The molecule has 2 rings (SSSR count). The van der Waals surface area contributed by atoms with Crippen LogP contribution in [0.15, 0.2) is 0 Å². The zero-order valence-electron chi connectivity index (χ0n) is 18.7. The van der Waals surface area contributed by atoms with Crippen molar-refractivity contribution in [3.05, 3.63) is 0 Å². The first kappa shape index (κ1) is 25.8. The summed E-state index contributed by atoms with van der Waals surface area (Å²) in [6, 6.07) is 2.19. The summed E-state index contributed by atoms with van der Waals surface area (Å²) in [5, 5.41) is 0. The van der Waals surface area contributed by atoms with E-state index in [1.165, 1.54) is 0 Å². The third-order valence-electron chi connectivity index (χ3n) is 4.59. The highest BCUT2D eigenvalue weighted by atomic mass is 28.5. The Hall–Kier alpha value is 0.508. The summed E-state index contributed by atoms with van der Waals surface area (Å²) in [7, 11) is -12.4. The molecule has 2 heterocycles. The fraction of sp³-hybridized carbons (Fsp3) is 1.00. The van der Waals surface area contributed by atoms with E-state index in [9.17, 15) is 0 Å². The Morgan fingerprint density at radius 2 is 0.759 bits per heavy atom. The van der Waals surface area contributed by atoms with Crippen LogP contribution < -0.4 is 0 Å². The van der Waals surface area contributed by atoms with Crippen molar-refractivity contribution in [2.24, 2.45) is 0 Å². The molecule has 0 aromatic rings. The molecule has 0 N–H and O–H groups in total. The Morgan fingerprint density at radius 1 is 0.448 bits per heavy atom. The molecule has 2 saturated heterocycles. The third kappa shape index (κ3) is 6.27. The minimum Gasteiger partial charge on any atom is -0.375 e. The predicted octanol–water partition coefficient (Wildman–Crippen LogP) is 3.04. The first-order valence-electron chi connectivity index (χ1n) is 10.8. The van der Waals surface area contributed by atoms with Crippen LogP contribution in [-0.4, -0.2) is 74.9 Å². The topological polar surface area (TPSA) is 83.1 Å². The summed E-state index contributed by atoms with van der Waals surface area (Å²) >= 11 is 0. The number of fused-ring (bicyclic) bond motifs is 2. The van der Waals surface area contributed by atoms with Crippen molar-refractivity contribution >= 4 is 35.2 Å². The quantitative estimate of drug-likeness (QED) is 0.386. The monoisotopic (exact) mass is 486 g/mol. The van der Waals surface area contributed by atoms with Crippen molar-refractivity contribution < 1.29 is 38.9 Å². The lowest BCUT2D eigenvalue weighted by atomic mass is 10.9. The zero-order chi connectivity index (χ0) is 21.4. The van der Waals surface area contributed by atoms with E-state index in [1.807, 2.05) is 41.5 Å². The smallest absolute Gasteiger partial charge is 0.375 e. The van der Waals surface area contributed by atoms with Gasteiger partial charge in [0, 0.05) is 63.8 Å². The second kappa shape index (κ2) is 11.4. The summed E-state index contributed by atoms with van der Waals surface area (Å²) in [6.07, 6.45) is 0. The van der Waals surface area contributed by atoms with Crippen LogP contribution in [0.2, 0.25) is 24.2 Å². The second-order valence-electron chi connectivity index (χ2n) is 6.64. The Bertz CT molecular complexity index is 449. The average Bonchev–Trinajstić information content (AvgIpc) is 2.86. The van der Waals surface area contributed by atoms with Crippen LogP contribution in [0.5, 0.6) is 0 Å². The Morgan fingerprint density at radius 3 is 1.03 bits per heavy atom. The molecule has 13 heteroatoms. The Labute approximate surface area is 179 Å². The normalized spacial score (nSPS) is 31.2. The first-order valence-corrected chi connectivity index (χ1v) is 18.6. The van der Waals surface area contributed by atoms with Crippen LogP contribution in [-0.2, 0) is 38.9 Å². The molecule has 29 heavy (non-hydrogen) atoms. The molecule has 0 radical (unpaired) electrons. The summed E-state index contributed by atoms with van der Waals surface area (Å²) in [6.45, 7) is 14.6. The van der Waals surface area contributed by atoms with E-state index in [2.05, 4.69) is 0 Å². The molecule has 0 aromatic heterocycles. The number of hydrogen-bond donors (Lipinski definition) is 0. The van der Waals surface area contributed by atoms with Gasteiger partial charge in [-0.15, -0.1) is 0 Å². The van der Waals surface area contributed by atoms with E-state index in [0.29, 0.717) is 63.8 Å². The maximum Gasteiger partial charge on any atom is 0.493 e. The van der Waals surface area contributed by atoms with E-state index in [1.54, 1.807) is 0 Å². The van der Waals surface area contributed by atoms with Crippen LogP contribution in [0, 0.1) is 0 Å². The van der Waals surface area contributed by atoms with Gasteiger partial charge in [0.05, 0.1) is 0 Å². The molecular formula is C16H38O9Si4. The lowest BCUT2D eigenvalue weighted by Crippen LogP contribution is -2.60. The van der Waals surface area contributed by atoms with Crippen molar-refractivity contribution in [3.63, 3.8) is 0 Å². The van der Waals surface area contributed by atoms with E-state index >= 15 is 0 Å². The van der Waals surface area contributed by atoms with Crippen molar-refractivity contribution in [1.29, 1.82) is 0 Å². The molecule has 2 fully saturated rings. The minimum atomic E-state index is -3.20. The molecule has 9 nitrogen and oxygen atoms in total. The van der Waals surface area contributed by atoms with E-state index in [4.69, 9.17) is 38.9 Å². The molecule has 2 unspecified atom stereocenters. The lowest BCUT2D eigenvalue weighted by Gasteiger charge is -2.36. The van der Waals surface area contributed by atoms with Gasteiger partial charge in [-0.1, -0.05) is 0 Å². The maximum atomic E-state index is 6.66. The largest absolute Gasteiger partial charge is 0.493 e. The van der Waals surface area contributed by atoms with Crippen LogP contribution in [0.4, 0.5) is 0 Å². The molecule has 2 atom stereocenters. The van der Waals surface area contributed by atoms with Gasteiger partial charge in [-0.2, -0.15) is 0 Å². The second-order valence-corrected chi connectivity index (χ2v) is 18.3. The average molecular weight is 487 g/mol. The summed E-state index contributed by atoms with van der Waals surface area (Å²) < 4.78 is 56.9. The Balaban J connectivity index is 2.50. The molecule has 172 valence electrons. The molecule has 0 amide bonds. The fourth-order valence-electron chi connectivity index (χ4n) is 3.74. The van der Waals surface area contributed by atoms with Gasteiger partial charge in [0.15, 0.2) is 0 Å². The van der Waals surface area contributed by atoms with Gasteiger partial charge in [0.25, 0.3) is 0 Å². The molecule has 0 aromatic carbocycles. The van der Waals surface area contributed by atoms with Crippen LogP contribution in [0.3, 0.4) is 0 Å². The Kier molecular flexibility index (Phi) is 10.1. The summed E-state index contributed by atoms with van der Waals surface area (Å²) in [5.41, 5.74) is 0. The van der Waals surface area contributed by atoms with Gasteiger partial charge in [0.2, 0.25) is 0 Å². The van der Waals surface area contributed by atoms with Crippen molar-refractivity contribution in [2.45, 2.75) is 65.7 Å². The first-order chi connectivity index (χ1) is 13.9. The van der Waals surface area contributed by atoms with Gasteiger partial charge in [-0.05, 0) is 41.5 Å². The molecule has 0 spiro atoms. The van der Waals surface area contributed by atoms with Crippen LogP contribution in [0.1, 0.15) is 41.5 Å². The minimum absolute atomic E-state index is 0.462. The van der Waals surface area contributed by atoms with Crippen LogP contribution in [0.25, 0.3) is 0 Å². The molecule has 2 aliphatic rings. The molecule has 2 aliphatic heterocycles. The van der Waals surface area contributed by atoms with Crippen LogP contribution >= 0.6 is 0 Å². The molecule has 0 aliphatic carbocycles. The molecule has 2 bridgehead atoms. The summed E-state index contributed by atoms with van der Waals surface area (Å²) in [4.78, 5) is 0. The number of hydrogen-bond acceptors (Lipinski definition) is 9. The van der Waals surface area contributed by atoms with E-state index in [0.717, 1.165) is 0 Å². The summed E-state index contributed by atoms with van der Waals surface area (Å²) in [5.74, 6) is 0. The standard InChI is InChI=1S/C16H38O9Si4/c1-7-17-26(18-8-2)13-15-29(22-12-6)24-27(19-9-3,20-10-4)14-16-28(23-26,25-29)21-11-5/h7-16H2,1-6H3. The highest BCUT2D eigenvalue weighted by Crippen LogP contribution is 2.43.